The molecule has 5 rings (SSSR count). The second-order valence-corrected chi connectivity index (χ2v) is 13.2. The van der Waals surface area contributed by atoms with Crippen LogP contribution in [0.2, 0.25) is 0 Å². The van der Waals surface area contributed by atoms with Gasteiger partial charge in [0.25, 0.3) is 0 Å². The first-order chi connectivity index (χ1) is 24.7. The quantitative estimate of drug-likeness (QED) is 0.146. The number of β-lactam (4-membered cyclic amide) rings is 1. The smallest absolute Gasteiger partial charge is 0.410 e. The summed E-state index contributed by atoms with van der Waals surface area (Å²) in [5, 5.41) is 3.07. The SMILES string of the molecule is CCC[C@@H](NC(=O)N1C(=O)C(CC)(CC)[C@@H]1Oc1ccc(C(=O)OCCN2CCN(C(=O)OCc3ccccc3)CC2)cc1)c1ccc(C)cc1. The number of carbonyl (C=O) groups is 4. The van der Waals surface area contributed by atoms with E-state index in [1.165, 1.54) is 4.90 Å². The number of urea groups is 1. The Morgan fingerprint density at radius 3 is 2.16 bits per heavy atom. The standard InChI is InChI=1S/C40H50N4O7/c1-5-11-34(31-16-14-29(4)15-17-31)41-38(47)44-36(46)40(6-2,7-3)37(44)51-33-20-18-32(19-21-33)35(45)49-27-26-42-22-24-43(25-23-42)39(48)50-28-30-12-9-8-10-13-30/h8-10,12-21,34,37H,5-7,11,22-28H2,1-4H3,(H,41,47)/t34-,37+/m1/s1. The van der Waals surface area contributed by atoms with Gasteiger partial charge >= 0.3 is 18.1 Å². The summed E-state index contributed by atoms with van der Waals surface area (Å²) >= 11 is 0. The first-order valence-electron chi connectivity index (χ1n) is 18.0. The number of nitrogens with one attached hydrogen (secondary N) is 1. The number of piperazine rings is 1. The lowest BCUT2D eigenvalue weighted by Gasteiger charge is -2.53. The van der Waals surface area contributed by atoms with Gasteiger partial charge in [-0.15, -0.1) is 0 Å². The fourth-order valence-electron chi connectivity index (χ4n) is 6.64. The molecule has 2 heterocycles. The summed E-state index contributed by atoms with van der Waals surface area (Å²) < 4.78 is 17.3. The van der Waals surface area contributed by atoms with Crippen molar-refractivity contribution in [1.82, 2.24) is 20.0 Å². The molecule has 0 unspecified atom stereocenters. The highest BCUT2D eigenvalue weighted by atomic mass is 16.6. The highest BCUT2D eigenvalue weighted by Gasteiger charge is 2.63. The van der Waals surface area contributed by atoms with Crippen LogP contribution in [0, 0.1) is 12.3 Å². The van der Waals surface area contributed by atoms with Crippen LogP contribution in [-0.4, -0.2) is 84.3 Å². The molecular formula is C40H50N4O7. The second kappa shape index (κ2) is 17.4. The number of benzene rings is 3. The zero-order valence-electron chi connectivity index (χ0n) is 30.1. The van der Waals surface area contributed by atoms with Gasteiger partial charge in [0.2, 0.25) is 5.91 Å². The van der Waals surface area contributed by atoms with Crippen LogP contribution in [0.15, 0.2) is 78.9 Å². The molecule has 0 bridgehead atoms. The largest absolute Gasteiger partial charge is 0.469 e. The number of likely N-dealkylation sites (tertiary alicyclic amines) is 1. The van der Waals surface area contributed by atoms with Crippen LogP contribution in [0.25, 0.3) is 0 Å². The van der Waals surface area contributed by atoms with Crippen LogP contribution >= 0.6 is 0 Å². The molecule has 0 saturated carbocycles. The van der Waals surface area contributed by atoms with Crippen molar-refractivity contribution >= 4 is 24.0 Å². The third-order valence-electron chi connectivity index (χ3n) is 10.0. The Morgan fingerprint density at radius 1 is 0.863 bits per heavy atom. The molecule has 2 atom stereocenters. The van der Waals surface area contributed by atoms with Crippen molar-refractivity contribution in [2.75, 3.05) is 39.3 Å². The fourth-order valence-corrected chi connectivity index (χ4v) is 6.64. The highest BCUT2D eigenvalue weighted by molar-refractivity contribution is 6.03. The number of rotatable bonds is 14. The van der Waals surface area contributed by atoms with E-state index in [9.17, 15) is 19.2 Å². The molecule has 1 N–H and O–H groups in total. The lowest BCUT2D eigenvalue weighted by molar-refractivity contribution is -0.191. The molecule has 11 heteroatoms. The number of esters is 1. The maximum Gasteiger partial charge on any atom is 0.410 e. The van der Waals surface area contributed by atoms with E-state index in [1.54, 1.807) is 29.2 Å². The Bertz CT molecular complexity index is 1620. The number of aryl methyl sites for hydroxylation is 1. The topological polar surface area (TPSA) is 118 Å². The Morgan fingerprint density at radius 2 is 1.53 bits per heavy atom. The van der Waals surface area contributed by atoms with E-state index >= 15 is 0 Å². The summed E-state index contributed by atoms with van der Waals surface area (Å²) in [4.78, 5) is 57.4. The van der Waals surface area contributed by atoms with Crippen molar-refractivity contribution in [3.8, 4) is 5.75 Å². The lowest BCUT2D eigenvalue weighted by Crippen LogP contribution is -2.73. The van der Waals surface area contributed by atoms with Crippen molar-refractivity contribution in [2.24, 2.45) is 5.41 Å². The summed E-state index contributed by atoms with van der Waals surface area (Å²) in [5.74, 6) is -0.269. The van der Waals surface area contributed by atoms with Crippen molar-refractivity contribution in [3.05, 3.63) is 101 Å². The van der Waals surface area contributed by atoms with Crippen molar-refractivity contribution in [2.45, 2.75) is 72.3 Å². The molecule has 2 saturated heterocycles. The van der Waals surface area contributed by atoms with Crippen molar-refractivity contribution in [3.63, 3.8) is 0 Å². The monoisotopic (exact) mass is 698 g/mol. The summed E-state index contributed by atoms with van der Waals surface area (Å²) in [6.07, 6.45) is 1.51. The Balaban J connectivity index is 1.10. The van der Waals surface area contributed by atoms with Gasteiger partial charge in [-0.3, -0.25) is 9.69 Å². The Labute approximate surface area is 300 Å². The van der Waals surface area contributed by atoms with E-state index in [-0.39, 0.29) is 31.3 Å². The van der Waals surface area contributed by atoms with Gasteiger partial charge in [0.05, 0.1) is 11.6 Å². The average Bonchev–Trinajstić information content (AvgIpc) is 3.15. The third kappa shape index (κ3) is 8.89. The number of hydrogen-bond donors (Lipinski definition) is 1. The zero-order chi connectivity index (χ0) is 36.4. The van der Waals surface area contributed by atoms with Crippen LogP contribution in [0.4, 0.5) is 9.59 Å². The van der Waals surface area contributed by atoms with Gasteiger partial charge in [-0.2, -0.15) is 0 Å². The molecule has 3 aromatic carbocycles. The minimum Gasteiger partial charge on any atom is -0.469 e. The van der Waals surface area contributed by atoms with Crippen LogP contribution in [0.3, 0.4) is 0 Å². The second-order valence-electron chi connectivity index (χ2n) is 13.2. The molecule has 2 aliphatic heterocycles. The molecule has 11 nitrogen and oxygen atoms in total. The van der Waals surface area contributed by atoms with Gasteiger partial charge in [-0.05, 0) is 61.6 Å². The molecule has 0 radical (unpaired) electrons. The van der Waals surface area contributed by atoms with E-state index in [0.29, 0.717) is 56.9 Å². The van der Waals surface area contributed by atoms with E-state index < -0.39 is 23.6 Å². The molecule has 0 aromatic heterocycles. The van der Waals surface area contributed by atoms with Crippen molar-refractivity contribution < 1.29 is 33.4 Å². The van der Waals surface area contributed by atoms with Crippen LogP contribution in [0.1, 0.15) is 79.5 Å². The summed E-state index contributed by atoms with van der Waals surface area (Å²) in [6.45, 7) is 11.3. The third-order valence-corrected chi connectivity index (χ3v) is 10.0. The first-order valence-corrected chi connectivity index (χ1v) is 18.0. The molecule has 0 spiro atoms. The molecule has 3 aromatic rings. The molecule has 2 aliphatic rings. The molecule has 272 valence electrons. The van der Waals surface area contributed by atoms with Crippen LogP contribution in [-0.2, 0) is 20.9 Å². The van der Waals surface area contributed by atoms with E-state index in [1.807, 2.05) is 75.4 Å². The maximum atomic E-state index is 13.6. The van der Waals surface area contributed by atoms with Gasteiger partial charge in [0.1, 0.15) is 24.4 Å². The Kier molecular flexibility index (Phi) is 12.7. The zero-order valence-corrected chi connectivity index (χ0v) is 30.1. The summed E-state index contributed by atoms with van der Waals surface area (Å²) in [6, 6.07) is 23.5. The number of imide groups is 1. The number of nitrogens with zero attached hydrogens (tertiary/aromatic N) is 3. The lowest BCUT2D eigenvalue weighted by atomic mass is 9.72. The van der Waals surface area contributed by atoms with E-state index in [4.69, 9.17) is 14.2 Å². The molecule has 4 amide bonds. The van der Waals surface area contributed by atoms with Crippen molar-refractivity contribution in [1.29, 1.82) is 0 Å². The first kappa shape index (κ1) is 37.4. The average molecular weight is 699 g/mol. The predicted molar refractivity (Wildman–Crippen MR) is 193 cm³/mol. The number of amides is 4. The van der Waals surface area contributed by atoms with Gasteiger partial charge in [0.15, 0.2) is 6.23 Å². The normalized spacial score (nSPS) is 17.6. The molecule has 0 aliphatic carbocycles. The van der Waals surface area contributed by atoms with Gasteiger partial charge in [-0.25, -0.2) is 19.3 Å². The predicted octanol–water partition coefficient (Wildman–Crippen LogP) is 6.71. The maximum absolute atomic E-state index is 13.6. The van der Waals surface area contributed by atoms with E-state index in [2.05, 4.69) is 17.1 Å². The molecular weight excluding hydrogens is 648 g/mol. The highest BCUT2D eigenvalue weighted by Crippen LogP contribution is 2.46. The van der Waals surface area contributed by atoms with E-state index in [0.717, 1.165) is 29.5 Å². The van der Waals surface area contributed by atoms with Crippen LogP contribution in [0.5, 0.6) is 5.75 Å². The number of hydrogen-bond acceptors (Lipinski definition) is 8. The fraction of sp³-hybridized carbons (Fsp3) is 0.450. The van der Waals surface area contributed by atoms with Gasteiger partial charge in [-0.1, -0.05) is 87.4 Å². The Hall–Kier alpha value is -4.90. The van der Waals surface area contributed by atoms with Gasteiger partial charge in [0, 0.05) is 32.7 Å². The van der Waals surface area contributed by atoms with Gasteiger partial charge < -0.3 is 24.4 Å². The molecule has 2 fully saturated rings. The minimum atomic E-state index is -0.826. The number of ether oxygens (including phenoxy) is 3. The van der Waals surface area contributed by atoms with Crippen LogP contribution < -0.4 is 10.1 Å². The summed E-state index contributed by atoms with van der Waals surface area (Å²) in [7, 11) is 0. The molecule has 51 heavy (non-hydrogen) atoms. The number of carbonyl (C=O) groups excluding carboxylic acids is 4. The minimum absolute atomic E-state index is 0.209. The summed E-state index contributed by atoms with van der Waals surface area (Å²) in [5.41, 5.74) is 2.60.